The van der Waals surface area contributed by atoms with E-state index in [-0.39, 0.29) is 24.4 Å². The third-order valence-corrected chi connectivity index (χ3v) is 3.62. The molecule has 4 nitrogen and oxygen atoms in total. The largest absolute Gasteiger partial charge is 0.368 e. The zero-order valence-corrected chi connectivity index (χ0v) is 11.1. The van der Waals surface area contributed by atoms with E-state index in [1.54, 1.807) is 0 Å². The van der Waals surface area contributed by atoms with Crippen molar-refractivity contribution in [3.63, 3.8) is 0 Å². The average molecular weight is 263 g/mol. The zero-order chi connectivity index (χ0) is 11.4. The molecular formula is C12H23ClN2O2. The van der Waals surface area contributed by atoms with Gasteiger partial charge in [0.25, 0.3) is 5.91 Å². The second-order valence-corrected chi connectivity index (χ2v) is 4.88. The summed E-state index contributed by atoms with van der Waals surface area (Å²) in [6.07, 6.45) is 5.17. The summed E-state index contributed by atoms with van der Waals surface area (Å²) in [7, 11) is 0. The summed E-state index contributed by atoms with van der Waals surface area (Å²) in [5.41, 5.74) is 5.67. The second kappa shape index (κ2) is 7.19. The molecular weight excluding hydrogens is 240 g/mol. The molecule has 0 spiro atoms. The molecule has 0 aliphatic carbocycles. The smallest absolute Gasteiger partial charge is 0.251 e. The van der Waals surface area contributed by atoms with E-state index in [4.69, 9.17) is 10.5 Å². The van der Waals surface area contributed by atoms with Crippen LogP contribution >= 0.6 is 12.4 Å². The molecule has 0 radical (unpaired) electrons. The molecule has 0 aromatic heterocycles. The van der Waals surface area contributed by atoms with E-state index in [0.717, 1.165) is 51.8 Å². The van der Waals surface area contributed by atoms with Crippen LogP contribution in [0.4, 0.5) is 0 Å². The molecule has 17 heavy (non-hydrogen) atoms. The first-order valence-electron chi connectivity index (χ1n) is 6.41. The molecule has 0 saturated carbocycles. The number of carbonyl (C=O) groups excluding carboxylic acids is 1. The highest BCUT2D eigenvalue weighted by Crippen LogP contribution is 2.20. The minimum Gasteiger partial charge on any atom is -0.368 e. The van der Waals surface area contributed by atoms with Gasteiger partial charge in [0, 0.05) is 19.7 Å². The molecule has 2 unspecified atom stereocenters. The maximum absolute atomic E-state index is 12.2. The average Bonchev–Trinajstić information content (AvgIpc) is 2.39. The summed E-state index contributed by atoms with van der Waals surface area (Å²) >= 11 is 0. The van der Waals surface area contributed by atoms with E-state index < -0.39 is 0 Å². The predicted molar refractivity (Wildman–Crippen MR) is 69.2 cm³/mol. The van der Waals surface area contributed by atoms with Gasteiger partial charge in [0.1, 0.15) is 6.10 Å². The first-order chi connectivity index (χ1) is 7.81. The molecule has 100 valence electrons. The molecule has 0 bridgehead atoms. The van der Waals surface area contributed by atoms with Crippen molar-refractivity contribution in [2.45, 2.75) is 38.2 Å². The van der Waals surface area contributed by atoms with Gasteiger partial charge in [-0.1, -0.05) is 0 Å². The SMILES string of the molecule is Cl.NCC1CCCN(C(=O)C2CCCCO2)C1. The highest BCUT2D eigenvalue weighted by Gasteiger charge is 2.29. The molecule has 2 saturated heterocycles. The number of carbonyl (C=O) groups is 1. The Kier molecular flexibility index (Phi) is 6.23. The van der Waals surface area contributed by atoms with Gasteiger partial charge >= 0.3 is 0 Å². The van der Waals surface area contributed by atoms with Gasteiger partial charge in [-0.15, -0.1) is 12.4 Å². The van der Waals surface area contributed by atoms with Gasteiger partial charge in [-0.3, -0.25) is 4.79 Å². The lowest BCUT2D eigenvalue weighted by atomic mass is 9.97. The van der Waals surface area contributed by atoms with Gasteiger partial charge in [-0.05, 0) is 44.6 Å². The number of nitrogens with two attached hydrogens (primary N) is 1. The number of amides is 1. The van der Waals surface area contributed by atoms with E-state index in [1.807, 2.05) is 4.90 Å². The van der Waals surface area contributed by atoms with E-state index in [0.29, 0.717) is 12.5 Å². The van der Waals surface area contributed by atoms with Crippen LogP contribution in [0.2, 0.25) is 0 Å². The Bertz CT molecular complexity index is 245. The first-order valence-corrected chi connectivity index (χ1v) is 6.41. The Balaban J connectivity index is 0.00000144. The first kappa shape index (κ1) is 14.7. The fourth-order valence-electron chi connectivity index (χ4n) is 2.60. The number of likely N-dealkylation sites (tertiary alicyclic amines) is 1. The number of rotatable bonds is 2. The summed E-state index contributed by atoms with van der Waals surface area (Å²) < 4.78 is 5.54. The highest BCUT2D eigenvalue weighted by molar-refractivity contribution is 5.85. The molecule has 2 rings (SSSR count). The topological polar surface area (TPSA) is 55.6 Å². The van der Waals surface area contributed by atoms with Gasteiger partial charge < -0.3 is 15.4 Å². The van der Waals surface area contributed by atoms with Crippen LogP contribution in [0.5, 0.6) is 0 Å². The van der Waals surface area contributed by atoms with Crippen molar-refractivity contribution in [3.8, 4) is 0 Å². The number of ether oxygens (including phenoxy) is 1. The lowest BCUT2D eigenvalue weighted by Crippen LogP contribution is -2.47. The van der Waals surface area contributed by atoms with Crippen molar-refractivity contribution in [2.24, 2.45) is 11.7 Å². The predicted octanol–water partition coefficient (Wildman–Crippen LogP) is 1.17. The minimum atomic E-state index is -0.176. The Morgan fingerprint density at radius 1 is 1.29 bits per heavy atom. The van der Waals surface area contributed by atoms with Crippen molar-refractivity contribution in [1.82, 2.24) is 4.90 Å². The van der Waals surface area contributed by atoms with E-state index >= 15 is 0 Å². The molecule has 0 aromatic carbocycles. The monoisotopic (exact) mass is 262 g/mol. The number of hydrogen-bond donors (Lipinski definition) is 1. The number of hydrogen-bond acceptors (Lipinski definition) is 3. The molecule has 2 fully saturated rings. The molecule has 5 heteroatoms. The van der Waals surface area contributed by atoms with Gasteiger partial charge in [0.05, 0.1) is 0 Å². The number of halogens is 1. The van der Waals surface area contributed by atoms with E-state index in [2.05, 4.69) is 0 Å². The maximum Gasteiger partial charge on any atom is 0.251 e. The summed E-state index contributed by atoms with van der Waals surface area (Å²) in [5.74, 6) is 0.680. The molecule has 1 amide bonds. The van der Waals surface area contributed by atoms with Crippen LogP contribution in [0.1, 0.15) is 32.1 Å². The summed E-state index contributed by atoms with van der Waals surface area (Å²) in [6, 6.07) is 0. The Labute approximate surface area is 109 Å². The molecule has 0 aromatic rings. The zero-order valence-electron chi connectivity index (χ0n) is 10.3. The van der Waals surface area contributed by atoms with Crippen LogP contribution in [0, 0.1) is 5.92 Å². The van der Waals surface area contributed by atoms with Crippen LogP contribution in [-0.2, 0) is 9.53 Å². The fourth-order valence-corrected chi connectivity index (χ4v) is 2.60. The lowest BCUT2D eigenvalue weighted by Gasteiger charge is -2.35. The van der Waals surface area contributed by atoms with Crippen LogP contribution in [0.3, 0.4) is 0 Å². The fraction of sp³-hybridized carbons (Fsp3) is 0.917. The van der Waals surface area contributed by atoms with Gasteiger partial charge in [0.15, 0.2) is 0 Å². The Morgan fingerprint density at radius 2 is 2.12 bits per heavy atom. The minimum absolute atomic E-state index is 0. The van der Waals surface area contributed by atoms with Crippen molar-refractivity contribution >= 4 is 18.3 Å². The molecule has 2 heterocycles. The highest BCUT2D eigenvalue weighted by atomic mass is 35.5. The van der Waals surface area contributed by atoms with Crippen molar-refractivity contribution in [3.05, 3.63) is 0 Å². The third-order valence-electron chi connectivity index (χ3n) is 3.62. The van der Waals surface area contributed by atoms with Crippen LogP contribution in [0.15, 0.2) is 0 Å². The maximum atomic E-state index is 12.2. The van der Waals surface area contributed by atoms with Crippen molar-refractivity contribution in [2.75, 3.05) is 26.2 Å². The molecule has 2 aliphatic heterocycles. The van der Waals surface area contributed by atoms with Crippen LogP contribution < -0.4 is 5.73 Å². The molecule has 2 atom stereocenters. The Hall–Kier alpha value is -0.320. The van der Waals surface area contributed by atoms with Crippen LogP contribution in [-0.4, -0.2) is 43.2 Å². The van der Waals surface area contributed by atoms with Crippen LogP contribution in [0.25, 0.3) is 0 Å². The quantitative estimate of drug-likeness (QED) is 0.813. The third kappa shape index (κ3) is 3.83. The van der Waals surface area contributed by atoms with Gasteiger partial charge in [0.2, 0.25) is 0 Å². The Morgan fingerprint density at radius 3 is 2.76 bits per heavy atom. The summed E-state index contributed by atoms with van der Waals surface area (Å²) in [5, 5.41) is 0. The standard InChI is InChI=1S/C12H22N2O2.ClH/c13-8-10-4-3-6-14(9-10)12(15)11-5-1-2-7-16-11;/h10-11H,1-9,13H2;1H. The second-order valence-electron chi connectivity index (χ2n) is 4.88. The van der Waals surface area contributed by atoms with Crippen molar-refractivity contribution < 1.29 is 9.53 Å². The van der Waals surface area contributed by atoms with Crippen molar-refractivity contribution in [1.29, 1.82) is 0 Å². The molecule has 2 aliphatic rings. The summed E-state index contributed by atoms with van der Waals surface area (Å²) in [4.78, 5) is 14.1. The number of piperidine rings is 1. The van der Waals surface area contributed by atoms with E-state index in [9.17, 15) is 4.79 Å². The van der Waals surface area contributed by atoms with E-state index in [1.165, 1.54) is 0 Å². The number of nitrogens with zero attached hydrogens (tertiary/aromatic N) is 1. The summed E-state index contributed by atoms with van der Waals surface area (Å²) in [6.45, 7) is 3.14. The van der Waals surface area contributed by atoms with Gasteiger partial charge in [-0.2, -0.15) is 0 Å². The van der Waals surface area contributed by atoms with Gasteiger partial charge in [-0.25, -0.2) is 0 Å². The lowest BCUT2D eigenvalue weighted by molar-refractivity contribution is -0.148. The normalized spacial score (nSPS) is 29.6. The molecule has 2 N–H and O–H groups in total.